The van der Waals surface area contributed by atoms with Gasteiger partial charge in [-0.25, -0.2) is 0 Å². The molecule has 0 radical (unpaired) electrons. The summed E-state index contributed by atoms with van der Waals surface area (Å²) >= 11 is 0. The van der Waals surface area contributed by atoms with E-state index in [-0.39, 0.29) is 0 Å². The van der Waals surface area contributed by atoms with Crippen LogP contribution in [0.4, 0.5) is 0 Å². The Bertz CT molecular complexity index is 956. The fourth-order valence-electron chi connectivity index (χ4n) is 2.49. The number of nitrogens with one attached hydrogen (secondary N) is 1. The molecule has 2 nitrogen and oxygen atoms in total. The maximum absolute atomic E-state index is 3.71. The molecule has 2 aromatic carbocycles. The minimum atomic E-state index is 1.11. The topological polar surface area (TPSA) is 24.4 Å². The van der Waals surface area contributed by atoms with Gasteiger partial charge in [0.25, 0.3) is 0 Å². The Balaban J connectivity index is -0.000000204. The highest BCUT2D eigenvalue weighted by molar-refractivity contribution is 5.65. The summed E-state index contributed by atoms with van der Waals surface area (Å²) in [5, 5.41) is 2.89. The zero-order valence-corrected chi connectivity index (χ0v) is 26.4. The van der Waals surface area contributed by atoms with Crippen molar-refractivity contribution in [2.45, 2.75) is 68.7 Å². The van der Waals surface area contributed by atoms with E-state index in [4.69, 9.17) is 0 Å². The van der Waals surface area contributed by atoms with E-state index in [1.807, 2.05) is 40.1 Å². The number of allylic oxidation sites excluding steroid dienone is 5. The molecule has 0 heterocycles. The Labute approximate surface area is 237 Å². The van der Waals surface area contributed by atoms with Gasteiger partial charge in [-0.05, 0) is 82.6 Å². The zero-order chi connectivity index (χ0) is 30.2. The molecule has 0 saturated heterocycles. The number of aliphatic imine (C=N–C) groups is 1. The average Bonchev–Trinajstić information content (AvgIpc) is 2.94. The quantitative estimate of drug-likeness (QED) is 0.238. The van der Waals surface area contributed by atoms with Crippen molar-refractivity contribution in [2.75, 3.05) is 14.1 Å². The molecular formula is C36H56N2. The first-order chi connectivity index (χ1) is 18.2. The lowest BCUT2D eigenvalue weighted by atomic mass is 10.0. The van der Waals surface area contributed by atoms with Crippen LogP contribution in [0, 0.1) is 13.8 Å². The normalized spacial score (nSPS) is 9.87. The Kier molecular flexibility index (Phi) is 36.5. The number of aryl methyl sites for hydroxylation is 2. The summed E-state index contributed by atoms with van der Waals surface area (Å²) < 4.78 is 0. The highest BCUT2D eigenvalue weighted by Gasteiger charge is 1.95. The molecule has 38 heavy (non-hydrogen) atoms. The molecule has 0 aliphatic carbocycles. The minimum absolute atomic E-state index is 1.11. The summed E-state index contributed by atoms with van der Waals surface area (Å²) in [6, 6.07) is 16.9. The van der Waals surface area contributed by atoms with E-state index >= 15 is 0 Å². The summed E-state index contributed by atoms with van der Waals surface area (Å²) in [7, 11) is 3.64. The number of benzene rings is 2. The van der Waals surface area contributed by atoms with Gasteiger partial charge in [0.1, 0.15) is 0 Å². The SMILES string of the molecule is C/C=C(/C)c1ccccc1C.C=C/C(C)=C/c1cccc(C)c1.C=C=C.CC.CC/C=C/NC.CC=NC. The van der Waals surface area contributed by atoms with Crippen molar-refractivity contribution >= 4 is 17.9 Å². The predicted octanol–water partition coefficient (Wildman–Crippen LogP) is 10.8. The van der Waals surface area contributed by atoms with Crippen LogP contribution in [-0.2, 0) is 0 Å². The van der Waals surface area contributed by atoms with Gasteiger partial charge in [-0.15, -0.1) is 5.73 Å². The number of hydrogen-bond acceptors (Lipinski definition) is 2. The number of nitrogens with zero attached hydrogens (tertiary/aromatic N) is 1. The third kappa shape index (κ3) is 28.6. The van der Waals surface area contributed by atoms with Gasteiger partial charge in [0, 0.05) is 14.1 Å². The van der Waals surface area contributed by atoms with Crippen molar-refractivity contribution < 1.29 is 0 Å². The fraction of sp³-hybridized carbons (Fsp3) is 0.333. The largest absolute Gasteiger partial charge is 0.394 e. The Hall–Kier alpha value is -3.61. The zero-order valence-electron chi connectivity index (χ0n) is 26.4. The first-order valence-electron chi connectivity index (χ1n) is 13.3. The second kappa shape index (κ2) is 33.4. The van der Waals surface area contributed by atoms with Crippen molar-refractivity contribution in [2.24, 2.45) is 4.99 Å². The van der Waals surface area contributed by atoms with Gasteiger partial charge in [0.15, 0.2) is 0 Å². The van der Waals surface area contributed by atoms with Gasteiger partial charge in [-0.2, -0.15) is 0 Å². The molecule has 2 heteroatoms. The molecule has 0 unspecified atom stereocenters. The smallest absolute Gasteiger partial charge is 0.0273 e. The van der Waals surface area contributed by atoms with Crippen LogP contribution in [0.15, 0.2) is 109 Å². The lowest BCUT2D eigenvalue weighted by Gasteiger charge is -2.03. The lowest BCUT2D eigenvalue weighted by molar-refractivity contribution is 1.07. The summed E-state index contributed by atoms with van der Waals surface area (Å²) in [6.07, 6.45) is 13.0. The van der Waals surface area contributed by atoms with Crippen LogP contribution in [0.5, 0.6) is 0 Å². The maximum Gasteiger partial charge on any atom is 0.0273 e. The summed E-state index contributed by atoms with van der Waals surface area (Å²) in [6.45, 7) is 28.5. The van der Waals surface area contributed by atoms with Gasteiger partial charge in [0.05, 0.1) is 0 Å². The molecule has 0 fully saturated rings. The number of rotatable bonds is 5. The van der Waals surface area contributed by atoms with Crippen LogP contribution in [0.3, 0.4) is 0 Å². The molecule has 1 N–H and O–H groups in total. The minimum Gasteiger partial charge on any atom is -0.394 e. The number of hydrogen-bond donors (Lipinski definition) is 1. The molecule has 0 aromatic heterocycles. The third-order valence-corrected chi connectivity index (χ3v) is 4.54. The van der Waals surface area contributed by atoms with E-state index in [0.29, 0.717) is 0 Å². The molecule has 0 amide bonds. The molecule has 0 bridgehead atoms. The van der Waals surface area contributed by atoms with Gasteiger partial charge >= 0.3 is 0 Å². The van der Waals surface area contributed by atoms with E-state index in [1.54, 1.807) is 13.3 Å². The van der Waals surface area contributed by atoms with Gasteiger partial charge in [0.2, 0.25) is 0 Å². The second-order valence-corrected chi connectivity index (χ2v) is 7.66. The standard InChI is InChI=1S/C12H14.C11H14.C5H11N.C3H7N.C3H4.C2H6/c1-4-10(2)8-12-7-5-6-11(3)9-12;1-4-9(2)11-8-6-5-7-10(11)3;1-3-4-5-6-2;1-3-4-2;1-3-2;1-2/h4-9H,1H2,2-3H3;4-8H,1-3H3;4-6H,3H2,1-2H3;3H,1-2H3;1-2H2;1-2H3/b10-8+;9-4-;5-4+;;;. The van der Waals surface area contributed by atoms with E-state index in [2.05, 4.69) is 144 Å². The van der Waals surface area contributed by atoms with E-state index in [9.17, 15) is 0 Å². The molecular weight excluding hydrogens is 460 g/mol. The van der Waals surface area contributed by atoms with Gasteiger partial charge in [-0.1, -0.05) is 124 Å². The first kappa shape index (κ1) is 41.5. The monoisotopic (exact) mass is 516 g/mol. The fourth-order valence-corrected chi connectivity index (χ4v) is 2.49. The van der Waals surface area contributed by atoms with E-state index in [1.165, 1.54) is 33.4 Å². The van der Waals surface area contributed by atoms with E-state index < -0.39 is 0 Å². The van der Waals surface area contributed by atoms with Crippen LogP contribution in [-0.4, -0.2) is 20.3 Å². The van der Waals surface area contributed by atoms with Crippen LogP contribution in [0.2, 0.25) is 0 Å². The highest BCUT2D eigenvalue weighted by atomic mass is 14.8. The molecule has 0 atom stereocenters. The Morgan fingerprint density at radius 3 is 1.92 bits per heavy atom. The average molecular weight is 517 g/mol. The molecule has 0 aliphatic rings. The summed E-state index contributed by atoms with van der Waals surface area (Å²) in [5.74, 6) is 0. The van der Waals surface area contributed by atoms with Crippen LogP contribution in [0.25, 0.3) is 11.6 Å². The van der Waals surface area contributed by atoms with Crippen molar-refractivity contribution in [3.05, 3.63) is 126 Å². The molecule has 0 saturated carbocycles. The third-order valence-electron chi connectivity index (χ3n) is 4.54. The summed E-state index contributed by atoms with van der Waals surface area (Å²) in [4.78, 5) is 3.61. The summed E-state index contributed by atoms with van der Waals surface area (Å²) in [5.41, 5.74) is 10.0. The molecule has 0 aliphatic heterocycles. The van der Waals surface area contributed by atoms with Crippen LogP contribution < -0.4 is 5.32 Å². The second-order valence-electron chi connectivity index (χ2n) is 7.66. The predicted molar refractivity (Wildman–Crippen MR) is 180 cm³/mol. The van der Waals surface area contributed by atoms with Crippen LogP contribution in [0.1, 0.15) is 77.1 Å². The Morgan fingerprint density at radius 2 is 1.55 bits per heavy atom. The van der Waals surface area contributed by atoms with Crippen molar-refractivity contribution in [3.8, 4) is 0 Å². The molecule has 210 valence electrons. The van der Waals surface area contributed by atoms with Crippen LogP contribution >= 0.6 is 0 Å². The van der Waals surface area contributed by atoms with Crippen molar-refractivity contribution in [1.29, 1.82) is 0 Å². The molecule has 2 aromatic rings. The maximum atomic E-state index is 3.71. The Morgan fingerprint density at radius 1 is 1.00 bits per heavy atom. The van der Waals surface area contributed by atoms with Crippen molar-refractivity contribution in [3.63, 3.8) is 0 Å². The lowest BCUT2D eigenvalue weighted by Crippen LogP contribution is -1.89. The van der Waals surface area contributed by atoms with Gasteiger partial charge in [-0.3, -0.25) is 0 Å². The van der Waals surface area contributed by atoms with Crippen molar-refractivity contribution in [1.82, 2.24) is 5.32 Å². The molecule has 2 rings (SSSR count). The highest BCUT2D eigenvalue weighted by Crippen LogP contribution is 2.16. The van der Waals surface area contributed by atoms with Gasteiger partial charge < -0.3 is 10.3 Å². The first-order valence-corrected chi connectivity index (χ1v) is 13.3. The van der Waals surface area contributed by atoms with E-state index in [0.717, 1.165) is 6.42 Å². The molecule has 0 spiro atoms.